The Bertz CT molecular complexity index is 811. The summed E-state index contributed by atoms with van der Waals surface area (Å²) in [7, 11) is 0. The molecule has 0 fully saturated rings. The van der Waals surface area contributed by atoms with E-state index >= 15 is 0 Å². The van der Waals surface area contributed by atoms with Crippen LogP contribution in [0.5, 0.6) is 11.6 Å². The number of aromatic nitrogens is 2. The van der Waals surface area contributed by atoms with Gasteiger partial charge in [-0.25, -0.2) is 4.98 Å². The lowest BCUT2D eigenvalue weighted by atomic mass is 10.1. The number of thiophene rings is 1. The van der Waals surface area contributed by atoms with Crippen LogP contribution in [0.3, 0.4) is 0 Å². The molecule has 4 nitrogen and oxygen atoms in total. The van der Waals surface area contributed by atoms with Gasteiger partial charge in [-0.15, -0.1) is 11.3 Å². The van der Waals surface area contributed by atoms with E-state index in [1.807, 2.05) is 19.1 Å². The van der Waals surface area contributed by atoms with Gasteiger partial charge in [0.25, 0.3) is 0 Å². The van der Waals surface area contributed by atoms with Gasteiger partial charge in [0.2, 0.25) is 11.8 Å². The minimum atomic E-state index is 0.243. The van der Waals surface area contributed by atoms with E-state index < -0.39 is 0 Å². The van der Waals surface area contributed by atoms with E-state index in [2.05, 4.69) is 35.9 Å². The van der Waals surface area contributed by atoms with Crippen molar-refractivity contribution in [3.8, 4) is 11.6 Å². The van der Waals surface area contributed by atoms with Gasteiger partial charge in [-0.2, -0.15) is 4.98 Å². The third-order valence-electron chi connectivity index (χ3n) is 3.54. The molecule has 0 radical (unpaired) electrons. The van der Waals surface area contributed by atoms with Crippen molar-refractivity contribution >= 4 is 27.5 Å². The number of nitrogens with two attached hydrogens (primary N) is 1. The molecule has 3 aromatic rings. The first-order chi connectivity index (χ1) is 10.1. The van der Waals surface area contributed by atoms with Gasteiger partial charge < -0.3 is 10.5 Å². The van der Waals surface area contributed by atoms with Crippen LogP contribution in [0.25, 0.3) is 10.2 Å². The van der Waals surface area contributed by atoms with Crippen LogP contribution in [0, 0.1) is 13.8 Å². The number of benzene rings is 1. The maximum Gasteiger partial charge on any atom is 0.232 e. The summed E-state index contributed by atoms with van der Waals surface area (Å²) in [5.41, 5.74) is 8.09. The van der Waals surface area contributed by atoms with Crippen LogP contribution in [-0.4, -0.2) is 9.97 Å². The average molecular weight is 299 g/mol. The summed E-state index contributed by atoms with van der Waals surface area (Å²) >= 11 is 1.63. The number of aryl methyl sites for hydroxylation is 2. The van der Waals surface area contributed by atoms with Gasteiger partial charge in [0, 0.05) is 4.88 Å². The first-order valence-corrected chi connectivity index (χ1v) is 7.70. The van der Waals surface area contributed by atoms with Crippen LogP contribution in [0.1, 0.15) is 22.9 Å². The summed E-state index contributed by atoms with van der Waals surface area (Å²) in [5.74, 6) is 1.58. The Balaban J connectivity index is 2.11. The Morgan fingerprint density at radius 3 is 2.81 bits per heavy atom. The lowest BCUT2D eigenvalue weighted by molar-refractivity contribution is 0.465. The van der Waals surface area contributed by atoms with Crippen LogP contribution in [0.2, 0.25) is 0 Å². The fraction of sp³-hybridized carbons (Fsp3) is 0.250. The van der Waals surface area contributed by atoms with Crippen molar-refractivity contribution in [2.24, 2.45) is 0 Å². The topological polar surface area (TPSA) is 61.0 Å². The van der Waals surface area contributed by atoms with Crippen LogP contribution in [-0.2, 0) is 6.42 Å². The number of anilines is 1. The smallest absolute Gasteiger partial charge is 0.232 e. The Kier molecular flexibility index (Phi) is 3.51. The van der Waals surface area contributed by atoms with E-state index in [0.717, 1.165) is 28.0 Å². The third kappa shape index (κ3) is 2.56. The number of hydrogen-bond donors (Lipinski definition) is 1. The van der Waals surface area contributed by atoms with E-state index in [4.69, 9.17) is 10.5 Å². The molecule has 1 aromatic carbocycles. The maximum atomic E-state index is 6.02. The molecule has 0 saturated heterocycles. The molecule has 0 aliphatic carbocycles. The van der Waals surface area contributed by atoms with Crippen molar-refractivity contribution < 1.29 is 4.74 Å². The SMILES string of the molecule is CCc1cc2c(Oc3cccc(C)c3C)nc(N)nc2s1. The molecule has 0 amide bonds. The Labute approximate surface area is 127 Å². The van der Waals surface area contributed by atoms with Crippen molar-refractivity contribution in [3.05, 3.63) is 40.3 Å². The predicted molar refractivity (Wildman–Crippen MR) is 87.2 cm³/mol. The van der Waals surface area contributed by atoms with Gasteiger partial charge >= 0.3 is 0 Å². The molecule has 0 saturated carbocycles. The normalized spacial score (nSPS) is 11.0. The summed E-state index contributed by atoms with van der Waals surface area (Å²) in [5, 5.41) is 0.923. The van der Waals surface area contributed by atoms with Crippen LogP contribution in [0.4, 0.5) is 5.95 Å². The average Bonchev–Trinajstić information content (AvgIpc) is 2.87. The number of rotatable bonds is 3. The molecular formula is C16H17N3OS. The lowest BCUT2D eigenvalue weighted by Crippen LogP contribution is -1.98. The van der Waals surface area contributed by atoms with E-state index in [1.165, 1.54) is 10.4 Å². The molecule has 0 aliphatic heterocycles. The summed E-state index contributed by atoms with van der Waals surface area (Å²) in [6.45, 7) is 6.22. The highest BCUT2D eigenvalue weighted by Crippen LogP contribution is 2.34. The van der Waals surface area contributed by atoms with Gasteiger partial charge in [0.1, 0.15) is 10.6 Å². The van der Waals surface area contributed by atoms with Crippen molar-refractivity contribution in [2.45, 2.75) is 27.2 Å². The Morgan fingerprint density at radius 1 is 1.24 bits per heavy atom. The van der Waals surface area contributed by atoms with E-state index in [-0.39, 0.29) is 5.95 Å². The van der Waals surface area contributed by atoms with E-state index in [0.29, 0.717) is 5.88 Å². The number of fused-ring (bicyclic) bond motifs is 1. The minimum absolute atomic E-state index is 0.243. The van der Waals surface area contributed by atoms with Gasteiger partial charge in [-0.3, -0.25) is 0 Å². The highest BCUT2D eigenvalue weighted by atomic mass is 32.1. The Hall–Kier alpha value is -2.14. The second-order valence-corrected chi connectivity index (χ2v) is 6.09. The highest BCUT2D eigenvalue weighted by molar-refractivity contribution is 7.18. The molecule has 5 heteroatoms. The van der Waals surface area contributed by atoms with Gasteiger partial charge in [0.15, 0.2) is 0 Å². The van der Waals surface area contributed by atoms with Crippen LogP contribution >= 0.6 is 11.3 Å². The second kappa shape index (κ2) is 5.33. The monoisotopic (exact) mass is 299 g/mol. The van der Waals surface area contributed by atoms with E-state index in [9.17, 15) is 0 Å². The fourth-order valence-electron chi connectivity index (χ4n) is 2.15. The van der Waals surface area contributed by atoms with Gasteiger partial charge in [-0.05, 0) is 43.5 Å². The van der Waals surface area contributed by atoms with Crippen LogP contribution < -0.4 is 10.5 Å². The summed E-state index contributed by atoms with van der Waals surface area (Å²) in [6, 6.07) is 8.07. The molecule has 0 atom stereocenters. The van der Waals surface area contributed by atoms with Crippen molar-refractivity contribution in [1.29, 1.82) is 0 Å². The summed E-state index contributed by atoms with van der Waals surface area (Å²) in [6.07, 6.45) is 0.962. The fourth-order valence-corrected chi connectivity index (χ4v) is 3.12. The molecule has 0 spiro atoms. The maximum absolute atomic E-state index is 6.02. The zero-order valence-corrected chi connectivity index (χ0v) is 13.1. The number of ether oxygens (including phenoxy) is 1. The molecule has 21 heavy (non-hydrogen) atoms. The van der Waals surface area contributed by atoms with Gasteiger partial charge in [-0.1, -0.05) is 19.1 Å². The third-order valence-corrected chi connectivity index (χ3v) is 4.71. The largest absolute Gasteiger partial charge is 0.438 e. The molecule has 2 heterocycles. The summed E-state index contributed by atoms with van der Waals surface area (Å²) in [4.78, 5) is 10.7. The standard InChI is InChI=1S/C16H17N3OS/c1-4-11-8-12-14(18-16(17)19-15(12)21-11)20-13-7-5-6-9(2)10(13)3/h5-8H,4H2,1-3H3,(H2,17,18,19). The van der Waals surface area contributed by atoms with Crippen molar-refractivity contribution in [2.75, 3.05) is 5.73 Å². The second-order valence-electron chi connectivity index (χ2n) is 4.97. The first kappa shape index (κ1) is 13.8. The zero-order valence-electron chi connectivity index (χ0n) is 12.3. The Morgan fingerprint density at radius 2 is 2.05 bits per heavy atom. The number of hydrogen-bond acceptors (Lipinski definition) is 5. The molecule has 0 bridgehead atoms. The minimum Gasteiger partial charge on any atom is -0.438 e. The molecule has 3 rings (SSSR count). The summed E-state index contributed by atoms with van der Waals surface area (Å²) < 4.78 is 6.02. The number of nitrogen functional groups attached to an aromatic ring is 1. The van der Waals surface area contributed by atoms with Crippen molar-refractivity contribution in [3.63, 3.8) is 0 Å². The molecule has 2 N–H and O–H groups in total. The highest BCUT2D eigenvalue weighted by Gasteiger charge is 2.13. The lowest BCUT2D eigenvalue weighted by Gasteiger charge is -2.10. The predicted octanol–water partition coefficient (Wildman–Crippen LogP) is 4.25. The molecule has 2 aromatic heterocycles. The molecular weight excluding hydrogens is 282 g/mol. The van der Waals surface area contributed by atoms with E-state index in [1.54, 1.807) is 11.3 Å². The molecule has 0 aliphatic rings. The molecule has 0 unspecified atom stereocenters. The quantitative estimate of drug-likeness (QED) is 0.785. The van der Waals surface area contributed by atoms with Crippen LogP contribution in [0.15, 0.2) is 24.3 Å². The van der Waals surface area contributed by atoms with Gasteiger partial charge in [0.05, 0.1) is 5.39 Å². The van der Waals surface area contributed by atoms with Crippen molar-refractivity contribution in [1.82, 2.24) is 9.97 Å². The number of nitrogens with zero attached hydrogens (tertiary/aromatic N) is 2. The zero-order chi connectivity index (χ0) is 15.0. The first-order valence-electron chi connectivity index (χ1n) is 6.88. The molecule has 108 valence electrons.